The van der Waals surface area contributed by atoms with Gasteiger partial charge in [0.1, 0.15) is 6.10 Å². The van der Waals surface area contributed by atoms with Gasteiger partial charge in [-0.1, -0.05) is 46.3 Å². The van der Waals surface area contributed by atoms with Crippen LogP contribution in [0.25, 0.3) is 0 Å². The van der Waals surface area contributed by atoms with Crippen LogP contribution in [0.3, 0.4) is 0 Å². The molecule has 37 heavy (non-hydrogen) atoms. The van der Waals surface area contributed by atoms with Crippen molar-refractivity contribution in [3.05, 3.63) is 23.3 Å². The summed E-state index contributed by atoms with van der Waals surface area (Å²) >= 11 is 0. The molecule has 7 heteroatoms. The number of hydrogen-bond acceptors (Lipinski definition) is 6. The summed E-state index contributed by atoms with van der Waals surface area (Å²) in [6, 6.07) is 0. The molecule has 3 fully saturated rings. The highest BCUT2D eigenvalue weighted by Gasteiger charge is 2.73. The van der Waals surface area contributed by atoms with Gasteiger partial charge < -0.3 is 24.2 Å². The Morgan fingerprint density at radius 2 is 1.92 bits per heavy atom. The summed E-state index contributed by atoms with van der Waals surface area (Å²) in [5.74, 6) is -0.816. The maximum absolute atomic E-state index is 14.8. The number of carbonyl (C=O) groups excluding carboxylic acids is 2. The van der Waals surface area contributed by atoms with Crippen LogP contribution < -0.4 is 0 Å². The Morgan fingerprint density at radius 1 is 1.27 bits per heavy atom. The lowest BCUT2D eigenvalue weighted by Crippen LogP contribution is -2.68. The van der Waals surface area contributed by atoms with Gasteiger partial charge in [0.05, 0.1) is 12.0 Å². The van der Waals surface area contributed by atoms with Crippen LogP contribution in [0.5, 0.6) is 0 Å². The first-order chi connectivity index (χ1) is 17.2. The highest BCUT2D eigenvalue weighted by Crippen LogP contribution is 2.64. The number of aliphatic hydroxyl groups is 1. The largest absolute Gasteiger partial charge is 0.438 e. The molecule has 1 aliphatic heterocycles. The molecule has 1 saturated heterocycles. The molecule has 0 radical (unpaired) electrons. The molecule has 0 aromatic carbocycles. The fraction of sp³-hybridized carbons (Fsp3) is 0.800. The molecule has 1 heterocycles. The van der Waals surface area contributed by atoms with Crippen LogP contribution in [0.15, 0.2) is 23.3 Å². The summed E-state index contributed by atoms with van der Waals surface area (Å²) < 4.78 is 18.7. The lowest BCUT2D eigenvalue weighted by Gasteiger charge is -2.52. The Bertz CT molecular complexity index is 1040. The first-order valence-electron chi connectivity index (χ1n) is 14.1. The average Bonchev–Trinajstić information content (AvgIpc) is 3.74. The van der Waals surface area contributed by atoms with Gasteiger partial charge in [0.2, 0.25) is 0 Å². The predicted octanol–water partition coefficient (Wildman–Crippen LogP) is 4.88. The van der Waals surface area contributed by atoms with Gasteiger partial charge in [-0.25, -0.2) is 4.79 Å². The summed E-state index contributed by atoms with van der Waals surface area (Å²) in [6.45, 7) is 14.9. The Kier molecular flexibility index (Phi) is 6.29. The van der Waals surface area contributed by atoms with Crippen molar-refractivity contribution in [2.75, 3.05) is 20.2 Å². The van der Waals surface area contributed by atoms with Crippen LogP contribution in [-0.2, 0) is 19.0 Å². The van der Waals surface area contributed by atoms with Crippen molar-refractivity contribution in [2.24, 2.45) is 34.5 Å². The van der Waals surface area contributed by atoms with Crippen LogP contribution in [0.2, 0.25) is 0 Å². The monoisotopic (exact) mass is 515 g/mol. The topological polar surface area (TPSA) is 85.3 Å². The zero-order valence-corrected chi connectivity index (χ0v) is 23.8. The van der Waals surface area contributed by atoms with Crippen molar-refractivity contribution in [3.8, 4) is 0 Å². The second-order valence-electron chi connectivity index (χ2n) is 13.6. The molecule has 7 atom stereocenters. The van der Waals surface area contributed by atoms with E-state index >= 15 is 0 Å². The zero-order valence-electron chi connectivity index (χ0n) is 23.8. The van der Waals surface area contributed by atoms with Crippen LogP contribution in [0.4, 0.5) is 4.79 Å². The Morgan fingerprint density at radius 3 is 2.49 bits per heavy atom. The van der Waals surface area contributed by atoms with E-state index < -0.39 is 35.1 Å². The predicted molar refractivity (Wildman–Crippen MR) is 140 cm³/mol. The molecule has 0 unspecified atom stereocenters. The summed E-state index contributed by atoms with van der Waals surface area (Å²) in [7, 11) is 1.74. The van der Waals surface area contributed by atoms with Crippen molar-refractivity contribution < 1.29 is 28.9 Å². The third kappa shape index (κ3) is 4.11. The minimum absolute atomic E-state index is 0.00691. The van der Waals surface area contributed by atoms with Crippen molar-refractivity contribution in [1.29, 1.82) is 0 Å². The Hall–Kier alpha value is -1.70. The highest BCUT2D eigenvalue weighted by atomic mass is 16.7. The molecule has 4 aliphatic carbocycles. The van der Waals surface area contributed by atoms with E-state index in [0.717, 1.165) is 24.8 Å². The maximum Gasteiger partial charge on any atom is 0.410 e. The molecule has 5 aliphatic rings. The molecular weight excluding hydrogens is 470 g/mol. The number of allylic oxidation sites excluding steroid dienone is 1. The average molecular weight is 516 g/mol. The quantitative estimate of drug-likeness (QED) is 0.508. The molecular formula is C30H45NO6. The van der Waals surface area contributed by atoms with E-state index in [1.807, 2.05) is 46.8 Å². The fourth-order valence-electron chi connectivity index (χ4n) is 7.21. The van der Waals surface area contributed by atoms with E-state index in [1.54, 1.807) is 11.9 Å². The molecule has 1 amide bonds. The molecule has 7 nitrogen and oxygen atoms in total. The third-order valence-corrected chi connectivity index (χ3v) is 9.93. The summed E-state index contributed by atoms with van der Waals surface area (Å²) in [5.41, 5.74) is -1.53. The van der Waals surface area contributed by atoms with E-state index in [9.17, 15) is 14.7 Å². The fourth-order valence-corrected chi connectivity index (χ4v) is 7.21. The number of Topliss-reactive ketones (excluding diaryl/α,β-unsaturated/α-hetero) is 1. The molecule has 0 bridgehead atoms. The number of nitrogens with zero attached hydrogens (tertiary/aromatic N) is 1. The SMILES string of the molecule is CC[C@@H](C)[C@]12C=C(C)[C@H](OC(=O)N(C)CC3CC3)[C@@]1(O)[C@@H]1OC(C)(C)OCC1=C[C@@H]([C@H]1CC1(C)C)C2=O. The van der Waals surface area contributed by atoms with Crippen LogP contribution in [0, 0.1) is 34.5 Å². The molecule has 5 rings (SSSR count). The van der Waals surface area contributed by atoms with Gasteiger partial charge in [-0.3, -0.25) is 4.79 Å². The number of carbonyl (C=O) groups is 2. The maximum atomic E-state index is 14.8. The van der Waals surface area contributed by atoms with E-state index in [2.05, 4.69) is 13.8 Å². The van der Waals surface area contributed by atoms with Crippen molar-refractivity contribution in [3.63, 3.8) is 0 Å². The molecule has 0 aromatic heterocycles. The summed E-state index contributed by atoms with van der Waals surface area (Å²) in [4.78, 5) is 29.7. The van der Waals surface area contributed by atoms with Crippen LogP contribution in [0.1, 0.15) is 74.1 Å². The zero-order chi connectivity index (χ0) is 27.1. The Labute approximate surface area is 221 Å². The summed E-state index contributed by atoms with van der Waals surface area (Å²) in [5, 5.41) is 13.1. The normalized spacial score (nSPS) is 40.5. The van der Waals surface area contributed by atoms with Gasteiger partial charge in [-0.15, -0.1) is 0 Å². The van der Waals surface area contributed by atoms with Gasteiger partial charge in [-0.2, -0.15) is 0 Å². The smallest absolute Gasteiger partial charge is 0.410 e. The lowest BCUT2D eigenvalue weighted by atomic mass is 9.58. The highest BCUT2D eigenvalue weighted by molar-refractivity contribution is 5.95. The number of ketones is 1. The van der Waals surface area contributed by atoms with Gasteiger partial charge in [0.15, 0.2) is 23.3 Å². The van der Waals surface area contributed by atoms with Crippen LogP contribution >= 0.6 is 0 Å². The van der Waals surface area contributed by atoms with Gasteiger partial charge in [0.25, 0.3) is 0 Å². The van der Waals surface area contributed by atoms with Crippen molar-refractivity contribution in [2.45, 2.75) is 97.7 Å². The summed E-state index contributed by atoms with van der Waals surface area (Å²) in [6.07, 6.45) is 5.48. The molecule has 1 N–H and O–H groups in total. The van der Waals surface area contributed by atoms with E-state index in [4.69, 9.17) is 14.2 Å². The standard InChI is InChI=1S/C30H45NO6/c1-9-18(3)29-13-17(2)24(36-26(33)31(8)15-19-10-11-19)30(29,34)25-20(16-35-28(6,7)37-25)12-21(23(29)32)22-14-27(22,4)5/h12-13,18-19,21-22,24-25,34H,9-11,14-16H2,1-8H3/t18-,21+,22-,24+,25-,29+,30-/m1/s1. The van der Waals surface area contributed by atoms with E-state index in [-0.39, 0.29) is 35.6 Å². The van der Waals surface area contributed by atoms with Crippen molar-refractivity contribution >= 4 is 11.9 Å². The van der Waals surface area contributed by atoms with E-state index in [1.165, 1.54) is 0 Å². The second-order valence-corrected chi connectivity index (χ2v) is 13.6. The van der Waals surface area contributed by atoms with Crippen molar-refractivity contribution in [1.82, 2.24) is 4.90 Å². The Balaban J connectivity index is 1.63. The van der Waals surface area contributed by atoms with Gasteiger partial charge in [0, 0.05) is 19.5 Å². The van der Waals surface area contributed by atoms with Gasteiger partial charge >= 0.3 is 6.09 Å². The molecule has 2 saturated carbocycles. The number of ether oxygens (including phenoxy) is 3. The lowest BCUT2D eigenvalue weighted by molar-refractivity contribution is -0.303. The number of amides is 1. The molecule has 206 valence electrons. The molecule has 0 spiro atoms. The first-order valence-corrected chi connectivity index (χ1v) is 14.1. The van der Waals surface area contributed by atoms with E-state index in [0.29, 0.717) is 24.5 Å². The van der Waals surface area contributed by atoms with Crippen LogP contribution in [-0.4, -0.2) is 65.7 Å². The second kappa shape index (κ2) is 8.65. The number of fused-ring (bicyclic) bond motifs is 3. The third-order valence-electron chi connectivity index (χ3n) is 9.93. The number of rotatable bonds is 6. The molecule has 0 aromatic rings. The minimum atomic E-state index is -1.79. The number of hydrogen-bond donors (Lipinski definition) is 1. The van der Waals surface area contributed by atoms with Gasteiger partial charge in [-0.05, 0) is 74.3 Å². The first kappa shape index (κ1) is 26.9. The minimum Gasteiger partial charge on any atom is -0.438 e.